The van der Waals surface area contributed by atoms with Gasteiger partial charge in [0.05, 0.1) is 0 Å². The summed E-state index contributed by atoms with van der Waals surface area (Å²) in [5.41, 5.74) is 2.30. The summed E-state index contributed by atoms with van der Waals surface area (Å²) in [6, 6.07) is 7.60. The van der Waals surface area contributed by atoms with Gasteiger partial charge in [-0.25, -0.2) is 0 Å². The third kappa shape index (κ3) is 4.20. The van der Waals surface area contributed by atoms with Crippen molar-refractivity contribution in [3.05, 3.63) is 47.0 Å². The highest BCUT2D eigenvalue weighted by Gasteiger charge is 2.23. The van der Waals surface area contributed by atoms with Crippen molar-refractivity contribution in [2.24, 2.45) is 0 Å². The molecule has 1 aromatic rings. The van der Waals surface area contributed by atoms with E-state index in [1.165, 1.54) is 0 Å². The third-order valence-corrected chi connectivity index (χ3v) is 3.54. The van der Waals surface area contributed by atoms with Gasteiger partial charge in [0.15, 0.2) is 0 Å². The van der Waals surface area contributed by atoms with E-state index in [-0.39, 0.29) is 17.4 Å². The molecule has 1 heterocycles. The lowest BCUT2D eigenvalue weighted by molar-refractivity contribution is -0.119. The monoisotopic (exact) mass is 300 g/mol. The fraction of sp³-hybridized carbons (Fsp3) is 0.444. The topological polar surface area (TPSA) is 49.4 Å². The molecule has 0 saturated carbocycles. The number of benzene rings is 1. The van der Waals surface area contributed by atoms with Gasteiger partial charge in [-0.1, -0.05) is 23.8 Å². The van der Waals surface area contributed by atoms with E-state index in [0.717, 1.165) is 11.1 Å². The van der Waals surface area contributed by atoms with Crippen LogP contribution in [0.25, 0.3) is 0 Å². The predicted molar refractivity (Wildman–Crippen MR) is 87.7 cm³/mol. The Balaban J connectivity index is 2.02. The Morgan fingerprint density at radius 1 is 1.23 bits per heavy atom. The summed E-state index contributed by atoms with van der Waals surface area (Å²) < 4.78 is 0. The zero-order chi connectivity index (χ0) is 16.3. The zero-order valence-corrected chi connectivity index (χ0v) is 13.8. The summed E-state index contributed by atoms with van der Waals surface area (Å²) in [4.78, 5) is 26.4. The number of aryl methyl sites for hydroxylation is 1. The first-order chi connectivity index (χ1) is 10.3. The Bertz CT molecular complexity index is 612. The summed E-state index contributed by atoms with van der Waals surface area (Å²) >= 11 is 0. The molecule has 1 aliphatic heterocycles. The number of nitrogens with one attached hydrogen (secondary N) is 1. The van der Waals surface area contributed by atoms with Gasteiger partial charge < -0.3 is 10.2 Å². The first-order valence-corrected chi connectivity index (χ1v) is 7.64. The molecule has 0 bridgehead atoms. The summed E-state index contributed by atoms with van der Waals surface area (Å²) in [7, 11) is 0. The van der Waals surface area contributed by atoms with E-state index >= 15 is 0 Å². The molecule has 0 aromatic heterocycles. The number of carbonyl (C=O) groups is 2. The standard InChI is InChI=1S/C18H24N2O2/c1-13-6-5-7-15(12-13)17(22)20-10-8-14(9-11-20)16(21)19-18(2,3)4/h5-8,12H,9-11H2,1-4H3,(H,19,21). The van der Waals surface area contributed by atoms with Gasteiger partial charge in [-0.05, 0) is 46.2 Å². The molecule has 0 aliphatic carbocycles. The molecule has 1 aromatic carbocycles. The molecule has 0 atom stereocenters. The highest BCUT2D eigenvalue weighted by molar-refractivity contribution is 5.96. The minimum absolute atomic E-state index is 0.0234. The Kier molecular flexibility index (Phi) is 4.69. The lowest BCUT2D eigenvalue weighted by Crippen LogP contribution is -2.43. The van der Waals surface area contributed by atoms with Crippen LogP contribution in [-0.2, 0) is 4.79 Å². The van der Waals surface area contributed by atoms with Gasteiger partial charge >= 0.3 is 0 Å². The van der Waals surface area contributed by atoms with E-state index in [1.54, 1.807) is 4.90 Å². The number of rotatable bonds is 2. The van der Waals surface area contributed by atoms with Crippen LogP contribution in [0, 0.1) is 6.92 Å². The van der Waals surface area contributed by atoms with Gasteiger partial charge in [-0.2, -0.15) is 0 Å². The van der Waals surface area contributed by atoms with Crippen molar-refractivity contribution in [3.63, 3.8) is 0 Å². The molecule has 1 N–H and O–H groups in total. The normalized spacial score (nSPS) is 15.3. The van der Waals surface area contributed by atoms with Crippen LogP contribution in [0.1, 0.15) is 43.1 Å². The van der Waals surface area contributed by atoms with Gasteiger partial charge in [-0.15, -0.1) is 0 Å². The summed E-state index contributed by atoms with van der Waals surface area (Å²) in [5, 5.41) is 2.96. The number of amides is 2. The van der Waals surface area contributed by atoms with Gasteiger partial charge in [0.25, 0.3) is 5.91 Å². The molecule has 118 valence electrons. The Morgan fingerprint density at radius 2 is 1.95 bits per heavy atom. The number of hydrogen-bond donors (Lipinski definition) is 1. The van der Waals surface area contributed by atoms with Crippen molar-refractivity contribution >= 4 is 11.8 Å². The van der Waals surface area contributed by atoms with E-state index in [4.69, 9.17) is 0 Å². The number of nitrogens with zero attached hydrogens (tertiary/aromatic N) is 1. The third-order valence-electron chi connectivity index (χ3n) is 3.54. The van der Waals surface area contributed by atoms with Crippen LogP contribution in [0.3, 0.4) is 0 Å². The summed E-state index contributed by atoms with van der Waals surface area (Å²) in [5.74, 6) is -0.00890. The second-order valence-electron chi connectivity index (χ2n) is 6.80. The first kappa shape index (κ1) is 16.3. The van der Waals surface area contributed by atoms with Crippen molar-refractivity contribution in [1.29, 1.82) is 0 Å². The quantitative estimate of drug-likeness (QED) is 0.913. The lowest BCUT2D eigenvalue weighted by atomic mass is 10.0. The molecule has 4 heteroatoms. The molecule has 22 heavy (non-hydrogen) atoms. The second-order valence-corrected chi connectivity index (χ2v) is 6.80. The van der Waals surface area contributed by atoms with E-state index in [2.05, 4.69) is 5.32 Å². The summed E-state index contributed by atoms with van der Waals surface area (Å²) in [6.07, 6.45) is 2.46. The van der Waals surface area contributed by atoms with E-state index in [0.29, 0.717) is 25.1 Å². The average molecular weight is 300 g/mol. The molecule has 0 fully saturated rings. The van der Waals surface area contributed by atoms with Crippen molar-refractivity contribution in [2.45, 2.75) is 39.7 Å². The predicted octanol–water partition coefficient (Wildman–Crippen LogP) is 2.68. The number of carbonyl (C=O) groups excluding carboxylic acids is 2. The minimum atomic E-state index is -0.244. The van der Waals surface area contributed by atoms with Crippen LogP contribution in [0.4, 0.5) is 0 Å². The zero-order valence-electron chi connectivity index (χ0n) is 13.8. The maximum Gasteiger partial charge on any atom is 0.254 e. The molecule has 0 saturated heterocycles. The molecule has 1 aliphatic rings. The van der Waals surface area contributed by atoms with Gasteiger partial charge in [0.2, 0.25) is 5.91 Å². The van der Waals surface area contributed by atoms with Gasteiger partial charge in [0.1, 0.15) is 0 Å². The molecular weight excluding hydrogens is 276 g/mol. The lowest BCUT2D eigenvalue weighted by Gasteiger charge is -2.28. The van der Waals surface area contributed by atoms with Crippen LogP contribution in [0.15, 0.2) is 35.9 Å². The molecule has 0 radical (unpaired) electrons. The molecule has 2 rings (SSSR count). The summed E-state index contributed by atoms with van der Waals surface area (Å²) in [6.45, 7) is 8.92. The van der Waals surface area contributed by atoms with Crippen LogP contribution in [0.2, 0.25) is 0 Å². The van der Waals surface area contributed by atoms with Crippen LogP contribution < -0.4 is 5.32 Å². The highest BCUT2D eigenvalue weighted by atomic mass is 16.2. The fourth-order valence-electron chi connectivity index (χ4n) is 2.44. The van der Waals surface area contributed by atoms with Crippen LogP contribution in [-0.4, -0.2) is 35.3 Å². The molecule has 0 spiro atoms. The van der Waals surface area contributed by atoms with Crippen molar-refractivity contribution in [1.82, 2.24) is 10.2 Å². The maximum absolute atomic E-state index is 12.5. The molecule has 2 amide bonds. The molecule has 4 nitrogen and oxygen atoms in total. The van der Waals surface area contributed by atoms with E-state index in [9.17, 15) is 9.59 Å². The molecular formula is C18H24N2O2. The van der Waals surface area contributed by atoms with E-state index in [1.807, 2.05) is 58.0 Å². The molecule has 0 unspecified atom stereocenters. The van der Waals surface area contributed by atoms with Crippen molar-refractivity contribution in [3.8, 4) is 0 Å². The van der Waals surface area contributed by atoms with Crippen molar-refractivity contribution in [2.75, 3.05) is 13.1 Å². The van der Waals surface area contributed by atoms with Crippen LogP contribution in [0.5, 0.6) is 0 Å². The highest BCUT2D eigenvalue weighted by Crippen LogP contribution is 2.16. The van der Waals surface area contributed by atoms with Gasteiger partial charge in [-0.3, -0.25) is 9.59 Å². The van der Waals surface area contributed by atoms with E-state index < -0.39 is 0 Å². The number of hydrogen-bond acceptors (Lipinski definition) is 2. The van der Waals surface area contributed by atoms with Gasteiger partial charge in [0, 0.05) is 29.8 Å². The minimum Gasteiger partial charge on any atom is -0.348 e. The first-order valence-electron chi connectivity index (χ1n) is 7.64. The largest absolute Gasteiger partial charge is 0.348 e. The fourth-order valence-corrected chi connectivity index (χ4v) is 2.44. The Morgan fingerprint density at radius 3 is 2.50 bits per heavy atom. The van der Waals surface area contributed by atoms with Crippen LogP contribution >= 0.6 is 0 Å². The Hall–Kier alpha value is -2.10. The smallest absolute Gasteiger partial charge is 0.254 e. The maximum atomic E-state index is 12.5. The average Bonchev–Trinajstić information content (AvgIpc) is 2.45. The SMILES string of the molecule is Cc1cccc(C(=O)N2CC=C(C(=O)NC(C)(C)C)CC2)c1. The Labute approximate surface area is 132 Å². The van der Waals surface area contributed by atoms with Crippen molar-refractivity contribution < 1.29 is 9.59 Å². The second kappa shape index (κ2) is 6.34.